The Balaban J connectivity index is 1.55. The molecule has 4 heteroatoms. The van der Waals surface area contributed by atoms with Crippen molar-refractivity contribution in [2.45, 2.75) is 52.0 Å². The number of nitrogens with zero attached hydrogens (tertiary/aromatic N) is 2. The molecule has 0 radical (unpaired) electrons. The van der Waals surface area contributed by atoms with Crippen molar-refractivity contribution in [3.63, 3.8) is 0 Å². The van der Waals surface area contributed by atoms with Crippen molar-refractivity contribution in [3.05, 3.63) is 29.8 Å². The molecule has 0 saturated carbocycles. The summed E-state index contributed by atoms with van der Waals surface area (Å²) in [7, 11) is 0. The molecule has 1 amide bonds. The van der Waals surface area contributed by atoms with Crippen LogP contribution < -0.4 is 4.74 Å². The molecule has 2 fully saturated rings. The van der Waals surface area contributed by atoms with Gasteiger partial charge in [-0.2, -0.15) is 0 Å². The first-order valence-electron chi connectivity index (χ1n) is 9.89. The SMILES string of the molecule is CC(C)CCOc1ccc(C(=O)N2CCCC2CN2CCCC2)cc1. The van der Waals surface area contributed by atoms with Gasteiger partial charge in [0.25, 0.3) is 5.91 Å². The molecular weight excluding hydrogens is 312 g/mol. The van der Waals surface area contributed by atoms with Crippen LogP contribution in [-0.4, -0.2) is 54.5 Å². The largest absolute Gasteiger partial charge is 0.494 e. The molecule has 0 aliphatic carbocycles. The Morgan fingerprint density at radius 3 is 2.52 bits per heavy atom. The zero-order chi connectivity index (χ0) is 17.6. The Bertz CT molecular complexity index is 550. The molecule has 0 aromatic heterocycles. The molecule has 2 aliphatic heterocycles. The number of likely N-dealkylation sites (tertiary alicyclic amines) is 2. The zero-order valence-corrected chi connectivity index (χ0v) is 15.7. The van der Waals surface area contributed by atoms with Crippen LogP contribution >= 0.6 is 0 Å². The number of rotatable bonds is 7. The Morgan fingerprint density at radius 2 is 1.84 bits per heavy atom. The quantitative estimate of drug-likeness (QED) is 0.754. The lowest BCUT2D eigenvalue weighted by molar-refractivity contribution is 0.0708. The van der Waals surface area contributed by atoms with Crippen LogP contribution in [0.2, 0.25) is 0 Å². The maximum Gasteiger partial charge on any atom is 0.254 e. The predicted molar refractivity (Wildman–Crippen MR) is 101 cm³/mol. The summed E-state index contributed by atoms with van der Waals surface area (Å²) < 4.78 is 5.76. The summed E-state index contributed by atoms with van der Waals surface area (Å²) in [6.45, 7) is 9.45. The maximum atomic E-state index is 12.9. The summed E-state index contributed by atoms with van der Waals surface area (Å²) in [5.74, 6) is 1.67. The van der Waals surface area contributed by atoms with E-state index in [1.54, 1.807) is 0 Å². The third kappa shape index (κ3) is 4.97. The third-order valence-electron chi connectivity index (χ3n) is 5.37. The van der Waals surface area contributed by atoms with E-state index in [0.29, 0.717) is 12.0 Å². The molecule has 2 aliphatic rings. The van der Waals surface area contributed by atoms with Crippen molar-refractivity contribution in [2.75, 3.05) is 32.8 Å². The van der Waals surface area contributed by atoms with Crippen molar-refractivity contribution in [1.82, 2.24) is 9.80 Å². The highest BCUT2D eigenvalue weighted by Gasteiger charge is 2.31. The van der Waals surface area contributed by atoms with E-state index >= 15 is 0 Å². The second-order valence-electron chi connectivity index (χ2n) is 7.86. The number of carbonyl (C=O) groups excluding carboxylic acids is 1. The van der Waals surface area contributed by atoms with Gasteiger partial charge in [-0.3, -0.25) is 4.79 Å². The van der Waals surface area contributed by atoms with E-state index < -0.39 is 0 Å². The van der Waals surface area contributed by atoms with Gasteiger partial charge in [0.05, 0.1) is 6.61 Å². The van der Waals surface area contributed by atoms with Crippen LogP contribution in [-0.2, 0) is 0 Å². The molecule has 0 bridgehead atoms. The molecule has 138 valence electrons. The fraction of sp³-hybridized carbons (Fsp3) is 0.667. The normalized spacial score (nSPS) is 21.2. The summed E-state index contributed by atoms with van der Waals surface area (Å²) in [5.41, 5.74) is 0.782. The molecule has 0 spiro atoms. The second kappa shape index (κ2) is 8.70. The Hall–Kier alpha value is -1.55. The Morgan fingerprint density at radius 1 is 1.12 bits per heavy atom. The van der Waals surface area contributed by atoms with E-state index in [1.165, 1.54) is 25.9 Å². The molecule has 25 heavy (non-hydrogen) atoms. The number of carbonyl (C=O) groups is 1. The van der Waals surface area contributed by atoms with Crippen LogP contribution in [0.1, 0.15) is 56.3 Å². The first kappa shape index (κ1) is 18.2. The van der Waals surface area contributed by atoms with E-state index in [9.17, 15) is 4.79 Å². The minimum absolute atomic E-state index is 0.176. The average molecular weight is 344 g/mol. The maximum absolute atomic E-state index is 12.9. The van der Waals surface area contributed by atoms with Crippen molar-refractivity contribution in [2.24, 2.45) is 5.92 Å². The lowest BCUT2D eigenvalue weighted by Crippen LogP contribution is -2.42. The highest BCUT2D eigenvalue weighted by atomic mass is 16.5. The Labute approximate surface area is 152 Å². The van der Waals surface area contributed by atoms with Gasteiger partial charge in [-0.25, -0.2) is 0 Å². The summed E-state index contributed by atoms with van der Waals surface area (Å²) in [6, 6.07) is 8.07. The van der Waals surface area contributed by atoms with Crippen molar-refractivity contribution in [1.29, 1.82) is 0 Å². The van der Waals surface area contributed by atoms with Crippen molar-refractivity contribution >= 4 is 5.91 Å². The van der Waals surface area contributed by atoms with Gasteiger partial charge in [-0.05, 0) is 75.4 Å². The molecule has 2 saturated heterocycles. The molecule has 2 heterocycles. The fourth-order valence-electron chi connectivity index (χ4n) is 3.83. The van der Waals surface area contributed by atoms with Gasteiger partial charge in [-0.1, -0.05) is 13.8 Å². The summed E-state index contributed by atoms with van der Waals surface area (Å²) in [5, 5.41) is 0. The molecule has 1 aromatic carbocycles. The number of hydrogen-bond donors (Lipinski definition) is 0. The second-order valence-corrected chi connectivity index (χ2v) is 7.86. The van der Waals surface area contributed by atoms with E-state index in [-0.39, 0.29) is 5.91 Å². The highest BCUT2D eigenvalue weighted by molar-refractivity contribution is 5.94. The molecule has 4 nitrogen and oxygen atoms in total. The zero-order valence-electron chi connectivity index (χ0n) is 15.7. The number of ether oxygens (including phenoxy) is 1. The first-order valence-corrected chi connectivity index (χ1v) is 9.89. The van der Waals surface area contributed by atoms with Crippen LogP contribution in [0.3, 0.4) is 0 Å². The molecule has 3 rings (SSSR count). The van der Waals surface area contributed by atoms with Crippen molar-refractivity contribution in [3.8, 4) is 5.75 Å². The van der Waals surface area contributed by atoms with Gasteiger partial charge in [-0.15, -0.1) is 0 Å². The smallest absolute Gasteiger partial charge is 0.254 e. The first-order chi connectivity index (χ1) is 12.1. The van der Waals surface area contributed by atoms with Gasteiger partial charge in [0.15, 0.2) is 0 Å². The van der Waals surface area contributed by atoms with Gasteiger partial charge >= 0.3 is 0 Å². The van der Waals surface area contributed by atoms with E-state index in [0.717, 1.165) is 50.3 Å². The van der Waals surface area contributed by atoms with Crippen LogP contribution in [0.15, 0.2) is 24.3 Å². The predicted octanol–water partition coefficient (Wildman–Crippen LogP) is 3.81. The fourth-order valence-corrected chi connectivity index (χ4v) is 3.83. The Kier molecular flexibility index (Phi) is 6.35. The van der Waals surface area contributed by atoms with Gasteiger partial charge in [0.1, 0.15) is 5.75 Å². The van der Waals surface area contributed by atoms with Crippen LogP contribution in [0, 0.1) is 5.92 Å². The van der Waals surface area contributed by atoms with Gasteiger partial charge in [0.2, 0.25) is 0 Å². The third-order valence-corrected chi connectivity index (χ3v) is 5.37. The average Bonchev–Trinajstić information content (AvgIpc) is 3.27. The monoisotopic (exact) mass is 344 g/mol. The number of benzene rings is 1. The number of hydrogen-bond acceptors (Lipinski definition) is 3. The molecule has 1 unspecified atom stereocenters. The standard InChI is InChI=1S/C21H32N2O2/c1-17(2)11-15-25-20-9-7-18(8-10-20)21(24)23-14-5-6-19(23)16-22-12-3-4-13-22/h7-10,17,19H,3-6,11-16H2,1-2H3. The molecule has 1 aromatic rings. The van der Waals surface area contributed by atoms with E-state index in [4.69, 9.17) is 4.74 Å². The van der Waals surface area contributed by atoms with Crippen LogP contribution in [0.25, 0.3) is 0 Å². The lowest BCUT2D eigenvalue weighted by atomic mass is 10.1. The highest BCUT2D eigenvalue weighted by Crippen LogP contribution is 2.23. The molecule has 0 N–H and O–H groups in total. The van der Waals surface area contributed by atoms with E-state index in [1.807, 2.05) is 24.3 Å². The lowest BCUT2D eigenvalue weighted by Gasteiger charge is -2.28. The van der Waals surface area contributed by atoms with Gasteiger partial charge in [0, 0.05) is 24.7 Å². The number of amides is 1. The van der Waals surface area contributed by atoms with Crippen molar-refractivity contribution < 1.29 is 9.53 Å². The van der Waals surface area contributed by atoms with Crippen LogP contribution in [0.5, 0.6) is 5.75 Å². The minimum atomic E-state index is 0.176. The minimum Gasteiger partial charge on any atom is -0.494 e. The van der Waals surface area contributed by atoms with Gasteiger partial charge < -0.3 is 14.5 Å². The summed E-state index contributed by atoms with van der Waals surface area (Å²) in [6.07, 6.45) is 5.92. The summed E-state index contributed by atoms with van der Waals surface area (Å²) in [4.78, 5) is 17.5. The van der Waals surface area contributed by atoms with Crippen LogP contribution in [0.4, 0.5) is 0 Å². The molecule has 1 atom stereocenters. The van der Waals surface area contributed by atoms with E-state index in [2.05, 4.69) is 23.6 Å². The topological polar surface area (TPSA) is 32.8 Å². The molecular formula is C21H32N2O2. The summed E-state index contributed by atoms with van der Waals surface area (Å²) >= 11 is 0.